The summed E-state index contributed by atoms with van der Waals surface area (Å²) in [5, 5.41) is 0. The second-order valence-electron chi connectivity index (χ2n) is 2.38. The number of nitrogens with zero attached hydrogens (tertiary/aromatic N) is 2. The van der Waals surface area contributed by atoms with Crippen LogP contribution in [0, 0.1) is 0 Å². The van der Waals surface area contributed by atoms with E-state index in [2.05, 4.69) is 20.9 Å². The smallest absolute Gasteiger partial charge is 0.213 e. The fraction of sp³-hybridized carbons (Fsp3) is 0.125. The number of ether oxygens (including phenoxy) is 1. The van der Waals surface area contributed by atoms with Crippen LogP contribution in [0.3, 0.4) is 0 Å². The predicted molar refractivity (Wildman–Crippen MR) is 49.4 cm³/mol. The van der Waals surface area contributed by atoms with Gasteiger partial charge in [-0.15, -0.1) is 0 Å². The Hall–Kier alpha value is -1.03. The predicted octanol–water partition coefficient (Wildman–Crippen LogP) is 2.11. The van der Waals surface area contributed by atoms with Crippen LogP contribution in [-0.2, 0) is 0 Å². The van der Waals surface area contributed by atoms with E-state index in [1.807, 2.05) is 16.5 Å². The summed E-state index contributed by atoms with van der Waals surface area (Å²) in [4.78, 5) is 4.01. The van der Waals surface area contributed by atoms with Gasteiger partial charge in [0.05, 0.1) is 23.3 Å². The highest BCUT2D eigenvalue weighted by molar-refractivity contribution is 9.10. The van der Waals surface area contributed by atoms with Crippen molar-refractivity contribution in [3.63, 3.8) is 0 Å². The third-order valence-electron chi connectivity index (χ3n) is 1.68. The Labute approximate surface area is 78.1 Å². The quantitative estimate of drug-likeness (QED) is 0.745. The summed E-state index contributed by atoms with van der Waals surface area (Å²) in [5.41, 5.74) is 1.02. The van der Waals surface area contributed by atoms with Gasteiger partial charge in [-0.3, -0.25) is 4.40 Å². The molecule has 2 aromatic rings. The van der Waals surface area contributed by atoms with Gasteiger partial charge in [-0.2, -0.15) is 0 Å². The van der Waals surface area contributed by atoms with Crippen LogP contribution in [0.1, 0.15) is 0 Å². The van der Waals surface area contributed by atoms with Crippen LogP contribution in [0.4, 0.5) is 0 Å². The number of hydrogen-bond donors (Lipinski definition) is 0. The molecular weight excluding hydrogens is 220 g/mol. The number of imidazole rings is 1. The van der Waals surface area contributed by atoms with Crippen LogP contribution < -0.4 is 4.74 Å². The first kappa shape index (κ1) is 7.61. The molecule has 2 heterocycles. The van der Waals surface area contributed by atoms with E-state index in [-0.39, 0.29) is 0 Å². The fourth-order valence-corrected chi connectivity index (χ4v) is 1.62. The highest BCUT2D eigenvalue weighted by Crippen LogP contribution is 2.25. The Kier molecular flexibility index (Phi) is 1.77. The van der Waals surface area contributed by atoms with E-state index in [1.165, 1.54) is 0 Å². The van der Waals surface area contributed by atoms with E-state index in [4.69, 9.17) is 4.74 Å². The van der Waals surface area contributed by atoms with E-state index < -0.39 is 0 Å². The summed E-state index contributed by atoms with van der Waals surface area (Å²) in [5.74, 6) is 0.769. The van der Waals surface area contributed by atoms with Gasteiger partial charge in [-0.1, -0.05) is 0 Å². The average molecular weight is 227 g/mol. The van der Waals surface area contributed by atoms with Gasteiger partial charge in [-0.25, -0.2) is 4.98 Å². The second-order valence-corrected chi connectivity index (χ2v) is 3.23. The van der Waals surface area contributed by atoms with Crippen molar-refractivity contribution in [3.05, 3.63) is 29.1 Å². The Balaban J connectivity index is 2.83. The normalized spacial score (nSPS) is 10.5. The molecular formula is C8H7BrN2O. The maximum atomic E-state index is 5.19. The van der Waals surface area contributed by atoms with Crippen molar-refractivity contribution in [2.75, 3.05) is 7.11 Å². The van der Waals surface area contributed by atoms with Crippen LogP contribution in [0.2, 0.25) is 0 Å². The average Bonchev–Trinajstić information content (AvgIpc) is 2.52. The van der Waals surface area contributed by atoms with Crippen LogP contribution >= 0.6 is 15.9 Å². The summed E-state index contributed by atoms with van der Waals surface area (Å²) in [6, 6.07) is 3.91. The van der Waals surface area contributed by atoms with Crippen molar-refractivity contribution >= 4 is 21.4 Å². The second kappa shape index (κ2) is 2.79. The first-order valence-corrected chi connectivity index (χ1v) is 4.27. The summed E-state index contributed by atoms with van der Waals surface area (Å²) in [6.45, 7) is 0. The molecule has 0 fully saturated rings. The number of halogens is 1. The van der Waals surface area contributed by atoms with E-state index in [0.29, 0.717) is 0 Å². The minimum Gasteiger partial charge on any atom is -0.481 e. The Bertz CT molecular complexity index is 410. The third-order valence-corrected chi connectivity index (χ3v) is 2.29. The monoisotopic (exact) mass is 226 g/mol. The van der Waals surface area contributed by atoms with E-state index in [0.717, 1.165) is 15.9 Å². The maximum absolute atomic E-state index is 5.19. The van der Waals surface area contributed by atoms with Crippen LogP contribution in [0.15, 0.2) is 29.1 Å². The van der Waals surface area contributed by atoms with Crippen molar-refractivity contribution in [2.45, 2.75) is 0 Å². The molecule has 0 saturated carbocycles. The molecule has 62 valence electrons. The number of rotatable bonds is 1. The van der Waals surface area contributed by atoms with Crippen molar-refractivity contribution in [3.8, 4) is 5.88 Å². The first-order valence-electron chi connectivity index (χ1n) is 3.47. The largest absolute Gasteiger partial charge is 0.481 e. The molecule has 2 rings (SSSR count). The lowest BCUT2D eigenvalue weighted by Crippen LogP contribution is -1.93. The number of hydrogen-bond acceptors (Lipinski definition) is 2. The minimum absolute atomic E-state index is 0.769. The molecule has 0 atom stereocenters. The Morgan fingerprint density at radius 3 is 3.08 bits per heavy atom. The fourth-order valence-electron chi connectivity index (χ4n) is 1.14. The maximum Gasteiger partial charge on any atom is 0.213 e. The number of pyridine rings is 1. The molecule has 0 aliphatic rings. The van der Waals surface area contributed by atoms with Crippen molar-refractivity contribution in [2.24, 2.45) is 0 Å². The third kappa shape index (κ3) is 0.992. The van der Waals surface area contributed by atoms with Gasteiger partial charge in [-0.05, 0) is 28.1 Å². The molecule has 0 saturated heterocycles. The zero-order valence-electron chi connectivity index (χ0n) is 6.49. The van der Waals surface area contributed by atoms with Crippen LogP contribution in [0.25, 0.3) is 5.52 Å². The molecule has 0 spiro atoms. The zero-order valence-corrected chi connectivity index (χ0v) is 8.08. The lowest BCUT2D eigenvalue weighted by atomic mass is 10.4. The van der Waals surface area contributed by atoms with Gasteiger partial charge < -0.3 is 4.74 Å². The van der Waals surface area contributed by atoms with Gasteiger partial charge in [0.1, 0.15) is 6.33 Å². The molecule has 0 amide bonds. The molecule has 2 aromatic heterocycles. The van der Waals surface area contributed by atoms with E-state index in [1.54, 1.807) is 19.6 Å². The summed E-state index contributed by atoms with van der Waals surface area (Å²) >= 11 is 3.39. The molecule has 0 unspecified atom stereocenters. The van der Waals surface area contributed by atoms with E-state index in [9.17, 15) is 0 Å². The summed E-state index contributed by atoms with van der Waals surface area (Å²) in [7, 11) is 1.64. The van der Waals surface area contributed by atoms with Crippen LogP contribution in [0.5, 0.6) is 5.88 Å². The summed E-state index contributed by atoms with van der Waals surface area (Å²) in [6.07, 6.45) is 3.51. The first-order chi connectivity index (χ1) is 5.83. The highest BCUT2D eigenvalue weighted by Gasteiger charge is 2.04. The molecule has 12 heavy (non-hydrogen) atoms. The molecule has 0 aliphatic heterocycles. The Morgan fingerprint density at radius 1 is 1.50 bits per heavy atom. The van der Waals surface area contributed by atoms with Gasteiger partial charge in [0.2, 0.25) is 5.88 Å². The molecule has 0 aromatic carbocycles. The van der Waals surface area contributed by atoms with Gasteiger partial charge in [0.15, 0.2) is 0 Å². The standard InChI is InChI=1S/C8H7BrN2O/c1-12-8-7(9)3-2-6-4-10-5-11(6)8/h2-5H,1H3. The van der Waals surface area contributed by atoms with Crippen molar-refractivity contribution < 1.29 is 4.74 Å². The molecule has 0 radical (unpaired) electrons. The molecule has 0 bridgehead atoms. The highest BCUT2D eigenvalue weighted by atomic mass is 79.9. The molecule has 4 heteroatoms. The molecule has 0 aliphatic carbocycles. The van der Waals surface area contributed by atoms with E-state index >= 15 is 0 Å². The lowest BCUT2D eigenvalue weighted by Gasteiger charge is -2.05. The van der Waals surface area contributed by atoms with Gasteiger partial charge >= 0.3 is 0 Å². The SMILES string of the molecule is COc1c(Br)ccc2cncn12. The number of methoxy groups -OCH3 is 1. The lowest BCUT2D eigenvalue weighted by molar-refractivity contribution is 0.389. The topological polar surface area (TPSA) is 26.5 Å². The minimum atomic E-state index is 0.769. The summed E-state index contributed by atoms with van der Waals surface area (Å²) < 4.78 is 8.00. The Morgan fingerprint density at radius 2 is 2.33 bits per heavy atom. The zero-order chi connectivity index (χ0) is 8.55. The molecule has 3 nitrogen and oxygen atoms in total. The van der Waals surface area contributed by atoms with Crippen molar-refractivity contribution in [1.29, 1.82) is 0 Å². The van der Waals surface area contributed by atoms with Gasteiger partial charge in [0, 0.05) is 0 Å². The number of fused-ring (bicyclic) bond motifs is 1. The van der Waals surface area contributed by atoms with Crippen molar-refractivity contribution in [1.82, 2.24) is 9.38 Å². The van der Waals surface area contributed by atoms with Crippen LogP contribution in [-0.4, -0.2) is 16.5 Å². The molecule has 0 N–H and O–H groups in total. The van der Waals surface area contributed by atoms with Gasteiger partial charge in [0.25, 0.3) is 0 Å². The number of aromatic nitrogens is 2.